The summed E-state index contributed by atoms with van der Waals surface area (Å²) in [7, 11) is 0. The molecular weight excluding hydrogens is 210 g/mol. The normalized spacial score (nSPS) is 9.56. The summed E-state index contributed by atoms with van der Waals surface area (Å²) in [6.07, 6.45) is -0.997. The third kappa shape index (κ3) is 4.56. The van der Waals surface area contributed by atoms with E-state index < -0.39 is 12.1 Å². The molecule has 0 amide bonds. The van der Waals surface area contributed by atoms with Crippen LogP contribution in [-0.2, 0) is 20.9 Å². The molecule has 0 bridgehead atoms. The summed E-state index contributed by atoms with van der Waals surface area (Å²) in [5.41, 5.74) is 5.94. The highest BCUT2D eigenvalue weighted by molar-refractivity contribution is 5.81. The van der Waals surface area contributed by atoms with Gasteiger partial charge in [0.05, 0.1) is 6.42 Å². The molecule has 1 aromatic carbocycles. The van der Waals surface area contributed by atoms with Gasteiger partial charge in [-0.2, -0.15) is 0 Å². The van der Waals surface area contributed by atoms with Gasteiger partial charge in [0.15, 0.2) is 0 Å². The third-order valence-corrected chi connectivity index (χ3v) is 1.75. The molecule has 5 heteroatoms. The summed E-state index contributed by atoms with van der Waals surface area (Å²) in [6, 6.07) is 9.10. The average molecular weight is 223 g/mol. The second kappa shape index (κ2) is 6.58. The molecule has 0 aliphatic rings. The van der Waals surface area contributed by atoms with E-state index in [1.165, 1.54) is 0 Å². The van der Waals surface area contributed by atoms with Gasteiger partial charge in [-0.25, -0.2) is 4.79 Å². The quantitative estimate of drug-likeness (QED) is 0.613. The number of nitrogens with two attached hydrogens (primary N) is 1. The van der Waals surface area contributed by atoms with Crippen LogP contribution in [0.25, 0.3) is 0 Å². The van der Waals surface area contributed by atoms with Crippen LogP contribution in [0, 0.1) is 0 Å². The summed E-state index contributed by atoms with van der Waals surface area (Å²) in [4.78, 5) is 21.9. The molecular formula is C11H13NO4. The minimum Gasteiger partial charge on any atom is -0.429 e. The molecule has 0 saturated heterocycles. The predicted molar refractivity (Wildman–Crippen MR) is 56.4 cm³/mol. The molecule has 0 heterocycles. The molecule has 2 N–H and O–H groups in total. The molecule has 0 spiro atoms. The van der Waals surface area contributed by atoms with Crippen LogP contribution < -0.4 is 5.73 Å². The van der Waals surface area contributed by atoms with E-state index in [1.54, 1.807) is 12.1 Å². The first-order chi connectivity index (χ1) is 7.72. The highest BCUT2D eigenvalue weighted by Crippen LogP contribution is 2.01. The topological polar surface area (TPSA) is 78.6 Å². The minimum atomic E-state index is -0.998. The zero-order chi connectivity index (χ0) is 11.8. The van der Waals surface area contributed by atoms with Crippen LogP contribution in [0.15, 0.2) is 30.3 Å². The molecule has 0 aliphatic carbocycles. The van der Waals surface area contributed by atoms with Crippen molar-refractivity contribution in [2.45, 2.75) is 13.0 Å². The van der Waals surface area contributed by atoms with Gasteiger partial charge in [-0.3, -0.25) is 4.79 Å². The van der Waals surface area contributed by atoms with Crippen molar-refractivity contribution in [2.24, 2.45) is 5.73 Å². The van der Waals surface area contributed by atoms with Crippen molar-refractivity contribution in [2.75, 3.05) is 6.54 Å². The number of ether oxygens (including phenoxy) is 2. The summed E-state index contributed by atoms with van der Waals surface area (Å²) in [5.74, 6) is -0.680. The van der Waals surface area contributed by atoms with Crippen molar-refractivity contribution in [3.05, 3.63) is 35.9 Å². The maximum Gasteiger partial charge on any atom is 0.516 e. The lowest BCUT2D eigenvalue weighted by atomic mass is 10.2. The van der Waals surface area contributed by atoms with Gasteiger partial charge in [0, 0.05) is 6.54 Å². The molecule has 16 heavy (non-hydrogen) atoms. The van der Waals surface area contributed by atoms with Crippen molar-refractivity contribution in [1.82, 2.24) is 0 Å². The van der Waals surface area contributed by atoms with E-state index in [9.17, 15) is 9.59 Å². The van der Waals surface area contributed by atoms with E-state index in [4.69, 9.17) is 10.5 Å². The Bertz CT molecular complexity index is 350. The number of carbonyl (C=O) groups excluding carboxylic acids is 2. The van der Waals surface area contributed by atoms with E-state index in [1.807, 2.05) is 18.2 Å². The zero-order valence-corrected chi connectivity index (χ0v) is 8.72. The van der Waals surface area contributed by atoms with Crippen molar-refractivity contribution in [3.8, 4) is 0 Å². The molecule has 0 radical (unpaired) electrons. The molecule has 0 aliphatic heterocycles. The maximum atomic E-state index is 11.0. The monoisotopic (exact) mass is 223 g/mol. The van der Waals surface area contributed by atoms with Crippen LogP contribution in [-0.4, -0.2) is 18.7 Å². The lowest BCUT2D eigenvalue weighted by Crippen LogP contribution is -2.16. The molecule has 0 aromatic heterocycles. The highest BCUT2D eigenvalue weighted by atomic mass is 16.7. The van der Waals surface area contributed by atoms with Gasteiger partial charge in [0.2, 0.25) is 0 Å². The third-order valence-electron chi connectivity index (χ3n) is 1.75. The Morgan fingerprint density at radius 3 is 2.50 bits per heavy atom. The molecule has 0 atom stereocenters. The second-order valence-electron chi connectivity index (χ2n) is 3.04. The van der Waals surface area contributed by atoms with Gasteiger partial charge in [-0.05, 0) is 5.56 Å². The number of esters is 1. The zero-order valence-electron chi connectivity index (χ0n) is 8.72. The highest BCUT2D eigenvalue weighted by Gasteiger charge is 2.10. The van der Waals surface area contributed by atoms with Gasteiger partial charge < -0.3 is 15.2 Å². The number of carbonyl (C=O) groups is 2. The Morgan fingerprint density at radius 1 is 1.19 bits per heavy atom. The van der Waals surface area contributed by atoms with E-state index in [0.717, 1.165) is 5.56 Å². The predicted octanol–water partition coefficient (Wildman–Crippen LogP) is 1.22. The van der Waals surface area contributed by atoms with Crippen LogP contribution in [0.4, 0.5) is 4.79 Å². The van der Waals surface area contributed by atoms with E-state index in [-0.39, 0.29) is 19.6 Å². The molecule has 1 rings (SSSR count). The van der Waals surface area contributed by atoms with Crippen molar-refractivity contribution in [1.29, 1.82) is 0 Å². The van der Waals surface area contributed by atoms with E-state index in [2.05, 4.69) is 4.74 Å². The largest absolute Gasteiger partial charge is 0.516 e. The Kier molecular flexibility index (Phi) is 5.01. The fourth-order valence-electron chi connectivity index (χ4n) is 1.01. The van der Waals surface area contributed by atoms with Crippen LogP contribution in [0.5, 0.6) is 0 Å². The number of rotatable bonds is 4. The van der Waals surface area contributed by atoms with E-state index in [0.29, 0.717) is 0 Å². The number of hydrogen-bond donors (Lipinski definition) is 1. The fourth-order valence-corrected chi connectivity index (χ4v) is 1.01. The maximum absolute atomic E-state index is 11.0. The van der Waals surface area contributed by atoms with Crippen LogP contribution in [0.3, 0.4) is 0 Å². The summed E-state index contributed by atoms with van der Waals surface area (Å²) in [6.45, 7) is 0.223. The standard InChI is InChI=1S/C11H13NO4/c12-7-6-10(13)16-11(14)15-8-9-4-2-1-3-5-9/h1-5H,6-8,12H2. The molecule has 1 aromatic rings. The first-order valence-electron chi connectivity index (χ1n) is 4.84. The van der Waals surface area contributed by atoms with Gasteiger partial charge >= 0.3 is 12.1 Å². The average Bonchev–Trinajstić information content (AvgIpc) is 2.28. The second-order valence-corrected chi connectivity index (χ2v) is 3.04. The van der Waals surface area contributed by atoms with Gasteiger partial charge in [0.25, 0.3) is 0 Å². The van der Waals surface area contributed by atoms with Crippen molar-refractivity contribution in [3.63, 3.8) is 0 Å². The molecule has 0 saturated carbocycles. The molecule has 0 unspecified atom stereocenters. The van der Waals surface area contributed by atoms with Gasteiger partial charge in [0.1, 0.15) is 6.61 Å². The lowest BCUT2D eigenvalue weighted by molar-refractivity contribution is -0.139. The molecule has 0 fully saturated rings. The minimum absolute atomic E-state index is 0.000434. The van der Waals surface area contributed by atoms with E-state index >= 15 is 0 Å². The summed E-state index contributed by atoms with van der Waals surface area (Å²) >= 11 is 0. The number of benzene rings is 1. The lowest BCUT2D eigenvalue weighted by Gasteiger charge is -2.04. The fraction of sp³-hybridized carbons (Fsp3) is 0.273. The van der Waals surface area contributed by atoms with Gasteiger partial charge in [-0.1, -0.05) is 30.3 Å². The van der Waals surface area contributed by atoms with Crippen molar-refractivity contribution >= 4 is 12.1 Å². The van der Waals surface area contributed by atoms with Crippen LogP contribution >= 0.6 is 0 Å². The number of hydrogen-bond acceptors (Lipinski definition) is 5. The SMILES string of the molecule is NCCC(=O)OC(=O)OCc1ccccc1. The molecule has 5 nitrogen and oxygen atoms in total. The first-order valence-corrected chi connectivity index (χ1v) is 4.84. The summed E-state index contributed by atoms with van der Waals surface area (Å²) in [5, 5.41) is 0. The van der Waals surface area contributed by atoms with Crippen LogP contribution in [0.1, 0.15) is 12.0 Å². The summed E-state index contributed by atoms with van der Waals surface area (Å²) < 4.78 is 9.05. The Morgan fingerprint density at radius 2 is 1.88 bits per heavy atom. The van der Waals surface area contributed by atoms with Crippen molar-refractivity contribution < 1.29 is 19.1 Å². The Labute approximate surface area is 93.1 Å². The molecule has 86 valence electrons. The smallest absolute Gasteiger partial charge is 0.429 e. The Hall–Kier alpha value is -1.88. The van der Waals surface area contributed by atoms with Crippen LogP contribution in [0.2, 0.25) is 0 Å². The Balaban J connectivity index is 2.28. The first kappa shape index (κ1) is 12.2. The van der Waals surface area contributed by atoms with Gasteiger partial charge in [-0.15, -0.1) is 0 Å².